The van der Waals surface area contributed by atoms with Crippen LogP contribution in [0.15, 0.2) is 4.99 Å². The van der Waals surface area contributed by atoms with Crippen LogP contribution in [0.5, 0.6) is 0 Å². The number of ether oxygens (including phenoxy) is 1. The Morgan fingerprint density at radius 3 is 2.52 bits per heavy atom. The second-order valence-electron chi connectivity index (χ2n) is 6.99. The summed E-state index contributed by atoms with van der Waals surface area (Å²) in [5.74, 6) is 1.02. The van der Waals surface area contributed by atoms with Crippen molar-refractivity contribution in [1.29, 1.82) is 0 Å². The second-order valence-corrected chi connectivity index (χ2v) is 6.99. The third-order valence-corrected chi connectivity index (χ3v) is 5.36. The molecule has 1 N–H and O–H groups in total. The number of carbonyl (C=O) groups is 1. The van der Waals surface area contributed by atoms with E-state index in [2.05, 4.69) is 29.0 Å². The highest BCUT2D eigenvalue weighted by atomic mass is 16.5. The van der Waals surface area contributed by atoms with Crippen LogP contribution >= 0.6 is 0 Å². The van der Waals surface area contributed by atoms with Crippen LogP contribution in [0.25, 0.3) is 0 Å². The molecular weight excluding hydrogens is 316 g/mol. The van der Waals surface area contributed by atoms with Crippen LogP contribution in [0.4, 0.5) is 0 Å². The molecule has 2 fully saturated rings. The normalized spacial score (nSPS) is 23.6. The van der Waals surface area contributed by atoms with E-state index in [4.69, 9.17) is 9.73 Å². The minimum Gasteiger partial charge on any atom is -0.466 e. The van der Waals surface area contributed by atoms with Gasteiger partial charge in [-0.15, -0.1) is 0 Å². The molecule has 0 aromatic rings. The Kier molecular flexibility index (Phi) is 8.52. The molecule has 25 heavy (non-hydrogen) atoms. The molecule has 2 aliphatic heterocycles. The molecule has 2 aliphatic rings. The van der Waals surface area contributed by atoms with Gasteiger partial charge in [0.2, 0.25) is 0 Å². The lowest BCUT2D eigenvalue weighted by molar-refractivity contribution is -0.149. The number of nitrogens with one attached hydrogen (secondary N) is 1. The maximum absolute atomic E-state index is 11.9. The Morgan fingerprint density at radius 2 is 1.88 bits per heavy atom. The Balaban J connectivity index is 1.90. The van der Waals surface area contributed by atoms with E-state index in [9.17, 15) is 4.79 Å². The lowest BCUT2D eigenvalue weighted by Gasteiger charge is -2.36. The van der Waals surface area contributed by atoms with Crippen LogP contribution in [0.1, 0.15) is 52.9 Å². The fourth-order valence-electron chi connectivity index (χ4n) is 3.89. The number of hydrogen-bond acceptors (Lipinski definition) is 4. The summed E-state index contributed by atoms with van der Waals surface area (Å²) in [5, 5.41) is 3.44. The van der Waals surface area contributed by atoms with Crippen LogP contribution in [0, 0.1) is 5.92 Å². The van der Waals surface area contributed by atoms with Gasteiger partial charge in [0, 0.05) is 25.7 Å². The molecule has 0 spiro atoms. The van der Waals surface area contributed by atoms with Gasteiger partial charge < -0.3 is 15.0 Å². The van der Waals surface area contributed by atoms with Crippen LogP contribution in [0.3, 0.4) is 0 Å². The first-order valence-corrected chi connectivity index (χ1v) is 10.1. The molecule has 2 rings (SSSR count). The average Bonchev–Trinajstić information content (AvgIpc) is 2.65. The summed E-state index contributed by atoms with van der Waals surface area (Å²) in [5.41, 5.74) is 0. The van der Waals surface area contributed by atoms with Crippen molar-refractivity contribution in [1.82, 2.24) is 15.1 Å². The molecule has 6 nitrogen and oxygen atoms in total. The zero-order chi connectivity index (χ0) is 18.1. The first-order valence-electron chi connectivity index (χ1n) is 10.1. The SMILES string of the molecule is CCNC(=NCC1CCCCN1CC)N1CCC(C(=O)OCC)CC1. The molecule has 0 aromatic heterocycles. The maximum Gasteiger partial charge on any atom is 0.309 e. The molecule has 0 aromatic carbocycles. The summed E-state index contributed by atoms with van der Waals surface area (Å²) in [6.07, 6.45) is 5.59. The summed E-state index contributed by atoms with van der Waals surface area (Å²) in [6.45, 7) is 12.5. The number of rotatable bonds is 6. The van der Waals surface area contributed by atoms with E-state index in [0.717, 1.165) is 51.5 Å². The van der Waals surface area contributed by atoms with Crippen LogP contribution in [0.2, 0.25) is 0 Å². The average molecular weight is 353 g/mol. The highest BCUT2D eigenvalue weighted by molar-refractivity contribution is 5.80. The Morgan fingerprint density at radius 1 is 1.12 bits per heavy atom. The van der Waals surface area contributed by atoms with Gasteiger partial charge in [-0.2, -0.15) is 0 Å². The molecule has 1 unspecified atom stereocenters. The third-order valence-electron chi connectivity index (χ3n) is 5.36. The van der Waals surface area contributed by atoms with Crippen LogP contribution in [-0.4, -0.2) is 73.6 Å². The fourth-order valence-corrected chi connectivity index (χ4v) is 3.89. The first kappa shape index (κ1) is 20.0. The van der Waals surface area contributed by atoms with Gasteiger partial charge in [-0.1, -0.05) is 13.3 Å². The first-order chi connectivity index (χ1) is 12.2. The minimum absolute atomic E-state index is 0.0371. The third kappa shape index (κ3) is 5.87. The van der Waals surface area contributed by atoms with Gasteiger partial charge in [-0.25, -0.2) is 0 Å². The van der Waals surface area contributed by atoms with Crippen molar-refractivity contribution < 1.29 is 9.53 Å². The molecule has 144 valence electrons. The molecule has 0 amide bonds. The van der Waals surface area contributed by atoms with E-state index in [1.807, 2.05) is 6.92 Å². The van der Waals surface area contributed by atoms with E-state index < -0.39 is 0 Å². The molecule has 0 radical (unpaired) electrons. The van der Waals surface area contributed by atoms with Gasteiger partial charge in [0.05, 0.1) is 19.1 Å². The summed E-state index contributed by atoms with van der Waals surface area (Å²) >= 11 is 0. The zero-order valence-electron chi connectivity index (χ0n) is 16.3. The number of aliphatic imine (C=N–C) groups is 1. The van der Waals surface area contributed by atoms with Gasteiger partial charge >= 0.3 is 5.97 Å². The number of likely N-dealkylation sites (N-methyl/N-ethyl adjacent to an activating group) is 1. The number of carbonyl (C=O) groups excluding carboxylic acids is 1. The monoisotopic (exact) mass is 352 g/mol. The molecule has 6 heteroatoms. The van der Waals surface area contributed by atoms with E-state index in [0.29, 0.717) is 12.6 Å². The highest BCUT2D eigenvalue weighted by Crippen LogP contribution is 2.20. The van der Waals surface area contributed by atoms with Crippen LogP contribution in [-0.2, 0) is 9.53 Å². The summed E-state index contributed by atoms with van der Waals surface area (Å²) < 4.78 is 5.17. The van der Waals surface area contributed by atoms with Gasteiger partial charge in [0.15, 0.2) is 5.96 Å². The molecule has 2 heterocycles. The number of nitrogens with zero attached hydrogens (tertiary/aromatic N) is 3. The second kappa shape index (κ2) is 10.6. The largest absolute Gasteiger partial charge is 0.466 e. The van der Waals surface area contributed by atoms with Crippen molar-refractivity contribution in [3.63, 3.8) is 0 Å². The lowest BCUT2D eigenvalue weighted by Crippen LogP contribution is -2.48. The Labute approximate surface area is 153 Å². The lowest BCUT2D eigenvalue weighted by atomic mass is 9.97. The molecule has 0 saturated carbocycles. The number of hydrogen-bond donors (Lipinski definition) is 1. The highest BCUT2D eigenvalue weighted by Gasteiger charge is 2.28. The summed E-state index contributed by atoms with van der Waals surface area (Å²) in [6, 6.07) is 0.574. The van der Waals surface area contributed by atoms with Crippen molar-refractivity contribution in [3.05, 3.63) is 0 Å². The molecule has 0 bridgehead atoms. The molecular formula is C19H36N4O2. The molecule has 0 aliphatic carbocycles. The Hall–Kier alpha value is -1.30. The number of likely N-dealkylation sites (tertiary alicyclic amines) is 2. The number of esters is 1. The van der Waals surface area contributed by atoms with Gasteiger partial charge in [0.1, 0.15) is 0 Å². The van der Waals surface area contributed by atoms with Crippen molar-refractivity contribution in [2.45, 2.75) is 58.9 Å². The van der Waals surface area contributed by atoms with Crippen molar-refractivity contribution >= 4 is 11.9 Å². The van der Waals surface area contributed by atoms with Gasteiger partial charge in [-0.05, 0) is 52.6 Å². The van der Waals surface area contributed by atoms with Crippen molar-refractivity contribution in [2.75, 3.05) is 45.9 Å². The van der Waals surface area contributed by atoms with Crippen molar-refractivity contribution in [3.8, 4) is 0 Å². The van der Waals surface area contributed by atoms with Crippen LogP contribution < -0.4 is 5.32 Å². The van der Waals surface area contributed by atoms with E-state index >= 15 is 0 Å². The predicted octanol–water partition coefficient (Wildman–Crippen LogP) is 2.10. The summed E-state index contributed by atoms with van der Waals surface area (Å²) in [7, 11) is 0. The topological polar surface area (TPSA) is 57.2 Å². The van der Waals surface area contributed by atoms with Gasteiger partial charge in [-0.3, -0.25) is 14.7 Å². The van der Waals surface area contributed by atoms with E-state index in [-0.39, 0.29) is 11.9 Å². The maximum atomic E-state index is 11.9. The Bertz CT molecular complexity index is 433. The van der Waals surface area contributed by atoms with E-state index in [1.165, 1.54) is 25.8 Å². The zero-order valence-corrected chi connectivity index (χ0v) is 16.3. The predicted molar refractivity (Wildman–Crippen MR) is 102 cm³/mol. The molecule has 1 atom stereocenters. The van der Waals surface area contributed by atoms with E-state index in [1.54, 1.807) is 0 Å². The number of guanidine groups is 1. The smallest absolute Gasteiger partial charge is 0.309 e. The summed E-state index contributed by atoms with van der Waals surface area (Å²) in [4.78, 5) is 21.7. The fraction of sp³-hybridized carbons (Fsp3) is 0.895. The molecule has 2 saturated heterocycles. The quantitative estimate of drug-likeness (QED) is 0.451. The minimum atomic E-state index is -0.0371. The standard InChI is InChI=1S/C19H36N4O2/c1-4-20-19(21-15-17-9-7-8-12-22(17)5-2)23-13-10-16(11-14-23)18(24)25-6-3/h16-17H,4-15H2,1-3H3,(H,20,21). The van der Waals surface area contributed by atoms with Crippen molar-refractivity contribution in [2.24, 2.45) is 10.9 Å². The number of piperidine rings is 2. The van der Waals surface area contributed by atoms with Gasteiger partial charge in [0.25, 0.3) is 0 Å².